The molecular formula is C25H19N3O3S4. The first-order valence-corrected chi connectivity index (χ1v) is 14.7. The number of hydrogen-bond donors (Lipinski definition) is 2. The van der Waals surface area contributed by atoms with E-state index in [4.69, 9.17) is 0 Å². The van der Waals surface area contributed by atoms with E-state index in [1.807, 2.05) is 23.6 Å². The number of thiazole rings is 1. The highest BCUT2D eigenvalue weighted by Crippen LogP contribution is 2.28. The van der Waals surface area contributed by atoms with Crippen molar-refractivity contribution >= 4 is 72.0 Å². The number of thioether (sulfide) groups is 1. The Balaban J connectivity index is 1.16. The molecule has 0 saturated heterocycles. The van der Waals surface area contributed by atoms with Crippen LogP contribution in [0.2, 0.25) is 0 Å². The average molecular weight is 538 g/mol. The first-order valence-electron chi connectivity index (χ1n) is 10.5. The van der Waals surface area contributed by atoms with Gasteiger partial charge in [-0.2, -0.15) is 0 Å². The third kappa shape index (κ3) is 5.73. The molecule has 0 radical (unpaired) electrons. The van der Waals surface area contributed by atoms with Gasteiger partial charge in [0.05, 0.1) is 11.4 Å². The van der Waals surface area contributed by atoms with Gasteiger partial charge in [0.15, 0.2) is 5.13 Å². The summed E-state index contributed by atoms with van der Waals surface area (Å²) in [5.41, 5.74) is 2.30. The quantitative estimate of drug-likeness (QED) is 0.219. The molecular weight excluding hydrogens is 519 g/mol. The third-order valence-electron chi connectivity index (χ3n) is 5.03. The molecule has 10 heteroatoms. The number of hydrogen-bond acceptors (Lipinski definition) is 7. The molecule has 1 amide bonds. The number of nitrogens with zero attached hydrogens (tertiary/aromatic N) is 1. The number of aromatic nitrogens is 1. The van der Waals surface area contributed by atoms with Crippen molar-refractivity contribution in [3.05, 3.63) is 89.6 Å². The number of benzene rings is 3. The van der Waals surface area contributed by atoms with Gasteiger partial charge in [0.1, 0.15) is 4.21 Å². The smallest absolute Gasteiger partial charge is 0.271 e. The second-order valence-electron chi connectivity index (χ2n) is 7.50. The molecule has 2 aromatic heterocycles. The molecule has 0 aliphatic rings. The van der Waals surface area contributed by atoms with E-state index in [2.05, 4.69) is 39.3 Å². The summed E-state index contributed by atoms with van der Waals surface area (Å²) in [5.74, 6) is 0.0578. The van der Waals surface area contributed by atoms with E-state index >= 15 is 0 Å². The number of anilines is 2. The van der Waals surface area contributed by atoms with Crippen LogP contribution >= 0.6 is 34.4 Å². The highest BCUT2D eigenvalue weighted by Gasteiger charge is 2.15. The van der Waals surface area contributed by atoms with Crippen molar-refractivity contribution < 1.29 is 13.2 Å². The zero-order chi connectivity index (χ0) is 24.3. The van der Waals surface area contributed by atoms with Gasteiger partial charge >= 0.3 is 0 Å². The monoisotopic (exact) mass is 537 g/mol. The van der Waals surface area contributed by atoms with Crippen LogP contribution in [-0.2, 0) is 14.8 Å². The largest absolute Gasteiger partial charge is 0.301 e. The Kier molecular flexibility index (Phi) is 6.87. The molecule has 5 aromatic rings. The van der Waals surface area contributed by atoms with Gasteiger partial charge in [-0.1, -0.05) is 42.5 Å². The standard InChI is InChI=1S/C25H19N3O3S4/c29-23(16-33-21-11-9-20(10-12-21)28-35(30,31)24-6-3-13-32-24)27-25-26-22(15-34-25)19-8-7-17-4-1-2-5-18(17)14-19/h1-15,28H,16H2,(H,26,27,29). The maximum Gasteiger partial charge on any atom is 0.271 e. The van der Waals surface area contributed by atoms with Crippen LogP contribution in [-0.4, -0.2) is 25.1 Å². The number of rotatable bonds is 8. The molecule has 0 aliphatic carbocycles. The van der Waals surface area contributed by atoms with Gasteiger partial charge in [0, 0.05) is 21.5 Å². The number of carbonyl (C=O) groups is 1. The number of amides is 1. The van der Waals surface area contributed by atoms with Crippen molar-refractivity contribution in [3.63, 3.8) is 0 Å². The van der Waals surface area contributed by atoms with Gasteiger partial charge in [-0.05, 0) is 52.6 Å². The zero-order valence-corrected chi connectivity index (χ0v) is 21.4. The molecule has 5 rings (SSSR count). The maximum atomic E-state index is 12.4. The highest BCUT2D eigenvalue weighted by atomic mass is 32.2. The molecule has 0 fully saturated rings. The first-order chi connectivity index (χ1) is 17.0. The lowest BCUT2D eigenvalue weighted by molar-refractivity contribution is -0.113. The number of fused-ring (bicyclic) bond motifs is 1. The van der Waals surface area contributed by atoms with Crippen molar-refractivity contribution in [3.8, 4) is 11.3 Å². The van der Waals surface area contributed by atoms with E-state index in [0.29, 0.717) is 10.8 Å². The fraction of sp³-hybridized carbons (Fsp3) is 0.0400. The lowest BCUT2D eigenvalue weighted by atomic mass is 10.1. The van der Waals surface area contributed by atoms with Crippen molar-refractivity contribution in [1.82, 2.24) is 4.98 Å². The van der Waals surface area contributed by atoms with Crippen LogP contribution in [0.5, 0.6) is 0 Å². The lowest BCUT2D eigenvalue weighted by Gasteiger charge is -2.07. The predicted octanol–water partition coefficient (Wildman–Crippen LogP) is 6.56. The Bertz CT molecular complexity index is 1580. The fourth-order valence-corrected chi connectivity index (χ4v) is 6.84. The van der Waals surface area contributed by atoms with E-state index in [0.717, 1.165) is 32.9 Å². The highest BCUT2D eigenvalue weighted by molar-refractivity contribution is 8.00. The predicted molar refractivity (Wildman–Crippen MR) is 146 cm³/mol. The van der Waals surface area contributed by atoms with Crippen LogP contribution in [0.25, 0.3) is 22.0 Å². The topological polar surface area (TPSA) is 88.2 Å². The second kappa shape index (κ2) is 10.2. The Labute approximate surface area is 215 Å². The molecule has 6 nitrogen and oxygen atoms in total. The molecule has 0 bridgehead atoms. The average Bonchev–Trinajstić information content (AvgIpc) is 3.56. The zero-order valence-electron chi connectivity index (χ0n) is 18.2. The molecule has 2 N–H and O–H groups in total. The van der Waals surface area contributed by atoms with Gasteiger partial charge in [0.2, 0.25) is 5.91 Å². The van der Waals surface area contributed by atoms with Gasteiger partial charge in [0.25, 0.3) is 10.0 Å². The fourth-order valence-electron chi connectivity index (χ4n) is 3.36. The second-order valence-corrected chi connectivity index (χ2v) is 12.3. The summed E-state index contributed by atoms with van der Waals surface area (Å²) in [7, 11) is -3.58. The van der Waals surface area contributed by atoms with Crippen LogP contribution in [0.4, 0.5) is 10.8 Å². The van der Waals surface area contributed by atoms with E-state index in [1.54, 1.807) is 41.8 Å². The van der Waals surface area contributed by atoms with Crippen LogP contribution < -0.4 is 10.0 Å². The summed E-state index contributed by atoms with van der Waals surface area (Å²) < 4.78 is 27.5. The Morgan fingerprint density at radius 2 is 1.71 bits per heavy atom. The summed E-state index contributed by atoms with van der Waals surface area (Å²) in [6.45, 7) is 0. The van der Waals surface area contributed by atoms with E-state index < -0.39 is 10.0 Å². The molecule has 2 heterocycles. The molecule has 3 aromatic carbocycles. The summed E-state index contributed by atoms with van der Waals surface area (Å²) in [4.78, 5) is 17.9. The van der Waals surface area contributed by atoms with Crippen molar-refractivity contribution in [2.75, 3.05) is 15.8 Å². The number of thiophene rings is 1. The summed E-state index contributed by atoms with van der Waals surface area (Å²) in [6.07, 6.45) is 0. The molecule has 35 heavy (non-hydrogen) atoms. The molecule has 0 atom stereocenters. The minimum Gasteiger partial charge on any atom is -0.301 e. The SMILES string of the molecule is O=C(CSc1ccc(NS(=O)(=O)c2cccs2)cc1)Nc1nc(-c2ccc3ccccc3c2)cs1. The van der Waals surface area contributed by atoms with Crippen LogP contribution in [0.15, 0.2) is 98.7 Å². The van der Waals surface area contributed by atoms with Crippen LogP contribution in [0, 0.1) is 0 Å². The molecule has 176 valence electrons. The Morgan fingerprint density at radius 3 is 2.49 bits per heavy atom. The van der Waals surface area contributed by atoms with E-state index in [9.17, 15) is 13.2 Å². The van der Waals surface area contributed by atoms with E-state index in [1.165, 1.54) is 28.5 Å². The van der Waals surface area contributed by atoms with Crippen LogP contribution in [0.3, 0.4) is 0 Å². The van der Waals surface area contributed by atoms with Gasteiger partial charge in [-0.3, -0.25) is 9.52 Å². The Morgan fingerprint density at radius 1 is 0.914 bits per heavy atom. The number of sulfonamides is 1. The number of nitrogens with one attached hydrogen (secondary N) is 2. The van der Waals surface area contributed by atoms with Crippen molar-refractivity contribution in [1.29, 1.82) is 0 Å². The normalized spacial score (nSPS) is 11.4. The molecule has 0 spiro atoms. The van der Waals surface area contributed by atoms with Gasteiger partial charge in [-0.15, -0.1) is 34.4 Å². The number of carbonyl (C=O) groups excluding carboxylic acids is 1. The molecule has 0 unspecified atom stereocenters. The van der Waals surface area contributed by atoms with Gasteiger partial charge in [-0.25, -0.2) is 13.4 Å². The molecule has 0 saturated carbocycles. The van der Waals surface area contributed by atoms with E-state index in [-0.39, 0.29) is 15.9 Å². The Hall–Kier alpha value is -3.18. The van der Waals surface area contributed by atoms with Gasteiger partial charge < -0.3 is 5.32 Å². The third-order valence-corrected chi connectivity index (χ3v) is 9.58. The summed E-state index contributed by atoms with van der Waals surface area (Å²) >= 11 is 3.92. The summed E-state index contributed by atoms with van der Waals surface area (Å²) in [6, 6.07) is 24.5. The first kappa shape index (κ1) is 23.6. The minimum absolute atomic E-state index is 0.156. The summed E-state index contributed by atoms with van der Waals surface area (Å²) in [5, 5.41) is 9.37. The lowest BCUT2D eigenvalue weighted by Crippen LogP contribution is -2.13. The van der Waals surface area contributed by atoms with Crippen molar-refractivity contribution in [2.24, 2.45) is 0 Å². The van der Waals surface area contributed by atoms with Crippen LogP contribution in [0.1, 0.15) is 0 Å². The minimum atomic E-state index is -3.58. The maximum absolute atomic E-state index is 12.4. The molecule has 0 aliphatic heterocycles. The van der Waals surface area contributed by atoms with Crippen molar-refractivity contribution in [2.45, 2.75) is 9.10 Å².